The third-order valence-corrected chi connectivity index (χ3v) is 3.25. The van der Waals surface area contributed by atoms with E-state index >= 15 is 0 Å². The minimum Gasteiger partial charge on any atom is -0.487 e. The fourth-order valence-electron chi connectivity index (χ4n) is 2.21. The van der Waals surface area contributed by atoms with Crippen molar-refractivity contribution in [1.29, 1.82) is 0 Å². The van der Waals surface area contributed by atoms with Gasteiger partial charge >= 0.3 is 5.69 Å². The summed E-state index contributed by atoms with van der Waals surface area (Å²) in [4.78, 5) is 18.0. The summed E-state index contributed by atoms with van der Waals surface area (Å²) in [7, 11) is 0. The average Bonchev–Trinajstić information content (AvgIpc) is 2.99. The highest BCUT2D eigenvalue weighted by Gasteiger charge is 2.15. The fourth-order valence-corrected chi connectivity index (χ4v) is 2.21. The van der Waals surface area contributed by atoms with Crippen molar-refractivity contribution in [3.63, 3.8) is 0 Å². The van der Waals surface area contributed by atoms with Crippen molar-refractivity contribution in [2.24, 2.45) is 5.10 Å². The van der Waals surface area contributed by atoms with Crippen LogP contribution in [-0.2, 0) is 0 Å². The van der Waals surface area contributed by atoms with Crippen LogP contribution in [0.15, 0.2) is 47.6 Å². The van der Waals surface area contributed by atoms with Crippen LogP contribution in [0.2, 0.25) is 0 Å². The molecule has 122 valence electrons. The molecule has 0 fully saturated rings. The van der Waals surface area contributed by atoms with E-state index in [-0.39, 0.29) is 11.4 Å². The maximum Gasteiger partial charge on any atom is 0.311 e. The molecule has 3 rings (SSSR count). The zero-order valence-electron chi connectivity index (χ0n) is 12.9. The standard InChI is InChI=1S/C16H15N5O3/c1-2-24-15-8-7-11(9-14(15)21(22)23)10-17-20-16-18-12-5-3-4-6-13(12)19-16/h3-10H,2H2,1H3,(H2,18,19,20)/b17-10-. The summed E-state index contributed by atoms with van der Waals surface area (Å²) in [5.41, 5.74) is 4.98. The van der Waals surface area contributed by atoms with E-state index in [0.717, 1.165) is 11.0 Å². The van der Waals surface area contributed by atoms with Crippen LogP contribution in [0.3, 0.4) is 0 Å². The summed E-state index contributed by atoms with van der Waals surface area (Å²) >= 11 is 0. The summed E-state index contributed by atoms with van der Waals surface area (Å²) in [6.07, 6.45) is 1.48. The molecule has 0 radical (unpaired) electrons. The highest BCUT2D eigenvalue weighted by molar-refractivity contribution is 5.82. The Morgan fingerprint density at radius 1 is 1.38 bits per heavy atom. The van der Waals surface area contributed by atoms with Gasteiger partial charge in [-0.1, -0.05) is 12.1 Å². The maximum absolute atomic E-state index is 11.1. The monoisotopic (exact) mass is 325 g/mol. The number of nitrogens with zero attached hydrogens (tertiary/aromatic N) is 3. The number of hydrazone groups is 1. The van der Waals surface area contributed by atoms with E-state index in [4.69, 9.17) is 4.74 Å². The smallest absolute Gasteiger partial charge is 0.311 e. The number of hydrogen-bond donors (Lipinski definition) is 2. The molecule has 0 bridgehead atoms. The highest BCUT2D eigenvalue weighted by atomic mass is 16.6. The molecule has 8 heteroatoms. The molecule has 2 N–H and O–H groups in total. The van der Waals surface area contributed by atoms with E-state index < -0.39 is 4.92 Å². The summed E-state index contributed by atoms with van der Waals surface area (Å²) < 4.78 is 5.24. The third-order valence-electron chi connectivity index (χ3n) is 3.25. The van der Waals surface area contributed by atoms with Gasteiger partial charge in [0.2, 0.25) is 5.95 Å². The van der Waals surface area contributed by atoms with Crippen molar-refractivity contribution in [2.45, 2.75) is 6.92 Å². The van der Waals surface area contributed by atoms with E-state index in [1.807, 2.05) is 24.3 Å². The van der Waals surface area contributed by atoms with Crippen molar-refractivity contribution in [2.75, 3.05) is 12.0 Å². The van der Waals surface area contributed by atoms with Gasteiger partial charge in [0.15, 0.2) is 5.75 Å². The van der Waals surface area contributed by atoms with E-state index in [9.17, 15) is 10.1 Å². The first-order valence-electron chi connectivity index (χ1n) is 7.32. The van der Waals surface area contributed by atoms with Gasteiger partial charge in [-0.3, -0.25) is 10.1 Å². The largest absolute Gasteiger partial charge is 0.487 e. The molecular formula is C16H15N5O3. The second-order valence-corrected chi connectivity index (χ2v) is 4.89. The van der Waals surface area contributed by atoms with Gasteiger partial charge in [0.1, 0.15) is 0 Å². The lowest BCUT2D eigenvalue weighted by molar-refractivity contribution is -0.385. The van der Waals surface area contributed by atoms with Crippen molar-refractivity contribution < 1.29 is 9.66 Å². The molecule has 3 aromatic rings. The predicted octanol–water partition coefficient (Wildman–Crippen LogP) is 3.32. The number of aromatic nitrogens is 2. The number of imidazole rings is 1. The van der Waals surface area contributed by atoms with Crippen molar-refractivity contribution >= 4 is 28.9 Å². The number of H-pyrrole nitrogens is 1. The van der Waals surface area contributed by atoms with Gasteiger partial charge in [0, 0.05) is 11.6 Å². The first-order chi connectivity index (χ1) is 11.7. The van der Waals surface area contributed by atoms with Crippen LogP contribution < -0.4 is 10.2 Å². The van der Waals surface area contributed by atoms with Gasteiger partial charge in [-0.25, -0.2) is 10.4 Å². The van der Waals surface area contributed by atoms with Crippen LogP contribution in [0.25, 0.3) is 11.0 Å². The Labute approximate surface area is 137 Å². The topological polar surface area (TPSA) is 105 Å². The zero-order valence-corrected chi connectivity index (χ0v) is 12.9. The Morgan fingerprint density at radius 2 is 2.21 bits per heavy atom. The summed E-state index contributed by atoms with van der Waals surface area (Å²) in [6, 6.07) is 12.3. The number of aromatic amines is 1. The molecule has 1 heterocycles. The number of para-hydroxylation sites is 2. The third kappa shape index (κ3) is 3.32. The number of anilines is 1. The molecule has 0 saturated carbocycles. The molecule has 24 heavy (non-hydrogen) atoms. The number of rotatable bonds is 6. The van der Waals surface area contributed by atoms with Crippen LogP contribution >= 0.6 is 0 Å². The molecule has 8 nitrogen and oxygen atoms in total. The Hall–Kier alpha value is -3.42. The lowest BCUT2D eigenvalue weighted by atomic mass is 10.2. The Balaban J connectivity index is 1.76. The van der Waals surface area contributed by atoms with Crippen LogP contribution in [0.1, 0.15) is 12.5 Å². The zero-order chi connectivity index (χ0) is 16.9. The minimum atomic E-state index is -0.477. The number of nitrogens with one attached hydrogen (secondary N) is 2. The fraction of sp³-hybridized carbons (Fsp3) is 0.125. The number of fused-ring (bicyclic) bond motifs is 1. The molecule has 0 aliphatic rings. The molecule has 0 unspecified atom stereocenters. The molecule has 0 amide bonds. The normalized spacial score (nSPS) is 11.0. The number of nitro groups is 1. The van der Waals surface area contributed by atoms with Gasteiger partial charge < -0.3 is 9.72 Å². The van der Waals surface area contributed by atoms with Gasteiger partial charge in [-0.05, 0) is 31.2 Å². The number of ether oxygens (including phenoxy) is 1. The van der Waals surface area contributed by atoms with Gasteiger partial charge in [0.05, 0.1) is 28.8 Å². The number of nitro benzene ring substituents is 1. The van der Waals surface area contributed by atoms with Crippen LogP contribution in [0.5, 0.6) is 5.75 Å². The molecular weight excluding hydrogens is 310 g/mol. The van der Waals surface area contributed by atoms with Crippen LogP contribution in [-0.4, -0.2) is 27.7 Å². The number of hydrogen-bond acceptors (Lipinski definition) is 6. The molecule has 0 saturated heterocycles. The average molecular weight is 325 g/mol. The van der Waals surface area contributed by atoms with Gasteiger partial charge in [-0.15, -0.1) is 0 Å². The van der Waals surface area contributed by atoms with Gasteiger partial charge in [0.25, 0.3) is 0 Å². The molecule has 0 aliphatic heterocycles. The van der Waals surface area contributed by atoms with Crippen molar-refractivity contribution in [3.05, 3.63) is 58.1 Å². The maximum atomic E-state index is 11.1. The second kappa shape index (κ2) is 6.78. The quantitative estimate of drug-likeness (QED) is 0.411. The second-order valence-electron chi connectivity index (χ2n) is 4.89. The molecule has 0 atom stereocenters. The first kappa shape index (κ1) is 15.5. The van der Waals surface area contributed by atoms with Crippen molar-refractivity contribution in [1.82, 2.24) is 9.97 Å². The van der Waals surface area contributed by atoms with Crippen molar-refractivity contribution in [3.8, 4) is 5.75 Å². The van der Waals surface area contributed by atoms with Crippen LogP contribution in [0.4, 0.5) is 11.6 Å². The Bertz CT molecular complexity index is 871. The van der Waals surface area contributed by atoms with E-state index in [0.29, 0.717) is 18.1 Å². The minimum absolute atomic E-state index is 0.0930. The Kier molecular flexibility index (Phi) is 4.37. The predicted molar refractivity (Wildman–Crippen MR) is 91.6 cm³/mol. The highest BCUT2D eigenvalue weighted by Crippen LogP contribution is 2.27. The molecule has 1 aromatic heterocycles. The Morgan fingerprint density at radius 3 is 2.96 bits per heavy atom. The molecule has 2 aromatic carbocycles. The SMILES string of the molecule is CCOc1ccc(/C=N\Nc2nc3ccccc3[nH]2)cc1[N+](=O)[O-]. The molecule has 0 aliphatic carbocycles. The van der Waals surface area contributed by atoms with Crippen LogP contribution in [0, 0.1) is 10.1 Å². The van der Waals surface area contributed by atoms with Gasteiger partial charge in [-0.2, -0.15) is 5.10 Å². The van der Waals surface area contributed by atoms with E-state index in [1.165, 1.54) is 12.3 Å². The number of benzene rings is 2. The lowest BCUT2D eigenvalue weighted by Gasteiger charge is -2.04. The van der Waals surface area contributed by atoms with E-state index in [2.05, 4.69) is 20.5 Å². The summed E-state index contributed by atoms with van der Waals surface area (Å²) in [6.45, 7) is 2.14. The lowest BCUT2D eigenvalue weighted by Crippen LogP contribution is -1.99. The molecule has 0 spiro atoms. The summed E-state index contributed by atoms with van der Waals surface area (Å²) in [5, 5.41) is 15.1. The summed E-state index contributed by atoms with van der Waals surface area (Å²) in [5.74, 6) is 0.734. The first-order valence-corrected chi connectivity index (χ1v) is 7.32. The van der Waals surface area contributed by atoms with E-state index in [1.54, 1.807) is 19.1 Å².